The van der Waals surface area contributed by atoms with Gasteiger partial charge in [0.05, 0.1) is 17.1 Å². The standard InChI is InChI=1S/C19H19N3O4S/c1-2-13-27(25,26)21-12-11-18(20-21)16-9-6-10-17(14-16)22(24)19(23)15-7-4-3-5-8-15/h3-12,14,24H,2,13H2,1H3. The Morgan fingerprint density at radius 3 is 2.56 bits per heavy atom. The van der Waals surface area contributed by atoms with Crippen molar-refractivity contribution in [3.05, 3.63) is 72.4 Å². The molecule has 3 rings (SSSR count). The highest BCUT2D eigenvalue weighted by molar-refractivity contribution is 7.89. The first-order valence-electron chi connectivity index (χ1n) is 8.40. The Hall–Kier alpha value is -2.97. The van der Waals surface area contributed by atoms with E-state index in [-0.39, 0.29) is 11.4 Å². The van der Waals surface area contributed by atoms with Crippen LogP contribution in [0.25, 0.3) is 11.3 Å². The summed E-state index contributed by atoms with van der Waals surface area (Å²) in [5.74, 6) is -0.562. The predicted octanol–water partition coefficient (Wildman–Crippen LogP) is 3.17. The molecule has 1 N–H and O–H groups in total. The van der Waals surface area contributed by atoms with Crippen LogP contribution < -0.4 is 5.06 Å². The molecule has 2 aromatic carbocycles. The topological polar surface area (TPSA) is 92.5 Å². The van der Waals surface area contributed by atoms with Gasteiger partial charge in [0.25, 0.3) is 15.9 Å². The van der Waals surface area contributed by atoms with Crippen molar-refractivity contribution < 1.29 is 18.4 Å². The van der Waals surface area contributed by atoms with Gasteiger partial charge in [0.15, 0.2) is 0 Å². The molecule has 0 aliphatic carbocycles. The van der Waals surface area contributed by atoms with Crippen molar-refractivity contribution in [2.75, 3.05) is 10.8 Å². The molecule has 0 atom stereocenters. The molecule has 0 radical (unpaired) electrons. The Bertz CT molecular complexity index is 1050. The van der Waals surface area contributed by atoms with Gasteiger partial charge in [-0.2, -0.15) is 14.2 Å². The molecular weight excluding hydrogens is 366 g/mol. The smallest absolute Gasteiger partial charge is 0.281 e. The van der Waals surface area contributed by atoms with Gasteiger partial charge in [0, 0.05) is 17.3 Å². The van der Waals surface area contributed by atoms with Crippen molar-refractivity contribution in [1.82, 2.24) is 9.19 Å². The van der Waals surface area contributed by atoms with Crippen molar-refractivity contribution in [3.63, 3.8) is 0 Å². The molecule has 1 amide bonds. The molecule has 0 spiro atoms. The van der Waals surface area contributed by atoms with E-state index in [0.717, 1.165) is 4.09 Å². The third kappa shape index (κ3) is 4.07. The van der Waals surface area contributed by atoms with Crippen LogP contribution in [-0.2, 0) is 10.0 Å². The number of hydroxylamine groups is 1. The van der Waals surface area contributed by atoms with Crippen LogP contribution >= 0.6 is 0 Å². The number of hydrogen-bond donors (Lipinski definition) is 1. The molecule has 27 heavy (non-hydrogen) atoms. The highest BCUT2D eigenvalue weighted by Crippen LogP contribution is 2.24. The minimum atomic E-state index is -3.48. The number of amides is 1. The van der Waals surface area contributed by atoms with Gasteiger partial charge in [-0.1, -0.05) is 37.3 Å². The Balaban J connectivity index is 1.88. The average molecular weight is 385 g/mol. The lowest BCUT2D eigenvalue weighted by Crippen LogP contribution is -2.26. The zero-order valence-electron chi connectivity index (χ0n) is 14.7. The second-order valence-corrected chi connectivity index (χ2v) is 7.87. The van der Waals surface area contributed by atoms with E-state index in [0.29, 0.717) is 28.3 Å². The van der Waals surface area contributed by atoms with E-state index >= 15 is 0 Å². The molecule has 7 nitrogen and oxygen atoms in total. The largest absolute Gasteiger partial charge is 0.281 e. The molecule has 3 aromatic rings. The van der Waals surface area contributed by atoms with Crippen LogP contribution in [-0.4, -0.2) is 34.5 Å². The van der Waals surface area contributed by atoms with Crippen LogP contribution in [0.1, 0.15) is 23.7 Å². The molecule has 0 aliphatic heterocycles. The van der Waals surface area contributed by atoms with E-state index in [1.165, 1.54) is 6.20 Å². The second-order valence-electron chi connectivity index (χ2n) is 5.92. The Morgan fingerprint density at radius 1 is 1.11 bits per heavy atom. The van der Waals surface area contributed by atoms with E-state index in [1.807, 2.05) is 0 Å². The minimum Gasteiger partial charge on any atom is -0.281 e. The van der Waals surface area contributed by atoms with E-state index < -0.39 is 15.9 Å². The first-order valence-corrected chi connectivity index (χ1v) is 10.0. The molecular formula is C19H19N3O4S. The first kappa shape index (κ1) is 18.8. The summed E-state index contributed by atoms with van der Waals surface area (Å²) in [6, 6.07) is 16.5. The number of carbonyl (C=O) groups is 1. The third-order valence-corrected chi connectivity index (χ3v) is 5.61. The average Bonchev–Trinajstić information content (AvgIpc) is 3.19. The highest BCUT2D eigenvalue weighted by Gasteiger charge is 2.17. The molecule has 1 heterocycles. The molecule has 0 unspecified atom stereocenters. The molecule has 0 saturated carbocycles. The third-order valence-electron chi connectivity index (χ3n) is 3.91. The zero-order valence-corrected chi connectivity index (χ0v) is 15.5. The molecule has 0 saturated heterocycles. The minimum absolute atomic E-state index is 0.00412. The van der Waals surface area contributed by atoms with E-state index in [4.69, 9.17) is 0 Å². The lowest BCUT2D eigenvalue weighted by Gasteiger charge is -2.15. The fraction of sp³-hybridized carbons (Fsp3) is 0.158. The molecule has 140 valence electrons. The summed E-state index contributed by atoms with van der Waals surface area (Å²) in [5, 5.41) is 15.0. The van der Waals surface area contributed by atoms with Gasteiger partial charge < -0.3 is 0 Å². The van der Waals surface area contributed by atoms with Gasteiger partial charge in [-0.15, -0.1) is 0 Å². The molecule has 0 fully saturated rings. The SMILES string of the molecule is CCCS(=O)(=O)n1ccc(-c2cccc(N(O)C(=O)c3ccccc3)c2)n1. The summed E-state index contributed by atoms with van der Waals surface area (Å²) in [6.07, 6.45) is 1.88. The molecule has 1 aromatic heterocycles. The molecule has 0 aliphatic rings. The summed E-state index contributed by atoms with van der Waals surface area (Å²) in [7, 11) is -3.48. The van der Waals surface area contributed by atoms with Crippen LogP contribution in [0.4, 0.5) is 5.69 Å². The maximum Gasteiger partial charge on any atom is 0.281 e. The van der Waals surface area contributed by atoms with Gasteiger partial charge in [-0.3, -0.25) is 10.0 Å². The monoisotopic (exact) mass is 385 g/mol. The molecule has 8 heteroatoms. The zero-order chi connectivity index (χ0) is 19.4. The summed E-state index contributed by atoms with van der Waals surface area (Å²) in [6.45, 7) is 1.78. The van der Waals surface area contributed by atoms with Gasteiger partial charge in [0.2, 0.25) is 0 Å². The maximum atomic E-state index is 12.4. The lowest BCUT2D eigenvalue weighted by molar-refractivity contribution is 0.0855. The van der Waals surface area contributed by atoms with Crippen LogP contribution in [0.3, 0.4) is 0 Å². The number of carbonyl (C=O) groups excluding carboxylic acids is 1. The number of anilines is 1. The number of nitrogens with zero attached hydrogens (tertiary/aromatic N) is 3. The van der Waals surface area contributed by atoms with Crippen molar-refractivity contribution in [1.29, 1.82) is 0 Å². The van der Waals surface area contributed by atoms with Gasteiger partial charge >= 0.3 is 0 Å². The summed E-state index contributed by atoms with van der Waals surface area (Å²) >= 11 is 0. The normalized spacial score (nSPS) is 11.3. The summed E-state index contributed by atoms with van der Waals surface area (Å²) in [5.41, 5.74) is 1.61. The van der Waals surface area contributed by atoms with Crippen molar-refractivity contribution in [2.24, 2.45) is 0 Å². The van der Waals surface area contributed by atoms with E-state index in [9.17, 15) is 18.4 Å². The number of benzene rings is 2. The predicted molar refractivity (Wildman–Crippen MR) is 102 cm³/mol. The fourth-order valence-electron chi connectivity index (χ4n) is 2.58. The van der Waals surface area contributed by atoms with Gasteiger partial charge in [0.1, 0.15) is 0 Å². The Labute approximate surface area is 157 Å². The quantitative estimate of drug-likeness (QED) is 0.520. The number of hydrogen-bond acceptors (Lipinski definition) is 5. The second kappa shape index (κ2) is 7.73. The highest BCUT2D eigenvalue weighted by atomic mass is 32.2. The first-order chi connectivity index (χ1) is 12.9. The van der Waals surface area contributed by atoms with Crippen molar-refractivity contribution in [3.8, 4) is 11.3 Å². The van der Waals surface area contributed by atoms with Gasteiger partial charge in [-0.05, 0) is 36.8 Å². The summed E-state index contributed by atoms with van der Waals surface area (Å²) < 4.78 is 25.2. The van der Waals surface area contributed by atoms with E-state index in [1.54, 1.807) is 67.6 Å². The Morgan fingerprint density at radius 2 is 1.85 bits per heavy atom. The maximum absolute atomic E-state index is 12.4. The van der Waals surface area contributed by atoms with Crippen LogP contribution in [0.2, 0.25) is 0 Å². The van der Waals surface area contributed by atoms with Crippen molar-refractivity contribution >= 4 is 21.6 Å². The number of aromatic nitrogens is 2. The van der Waals surface area contributed by atoms with Crippen LogP contribution in [0.5, 0.6) is 0 Å². The fourth-order valence-corrected chi connectivity index (χ4v) is 3.75. The molecule has 0 bridgehead atoms. The van der Waals surface area contributed by atoms with Gasteiger partial charge in [-0.25, -0.2) is 8.42 Å². The summed E-state index contributed by atoms with van der Waals surface area (Å²) in [4.78, 5) is 12.4. The van der Waals surface area contributed by atoms with Crippen LogP contribution in [0, 0.1) is 0 Å². The van der Waals surface area contributed by atoms with Crippen molar-refractivity contribution in [2.45, 2.75) is 13.3 Å². The number of rotatable bonds is 6. The van der Waals surface area contributed by atoms with E-state index in [2.05, 4.69) is 5.10 Å². The lowest BCUT2D eigenvalue weighted by atomic mass is 10.1. The van der Waals surface area contributed by atoms with Crippen LogP contribution in [0.15, 0.2) is 66.9 Å². The Kier molecular flexibility index (Phi) is 5.38.